The molecule has 0 fully saturated rings. The number of benzene rings is 2. The minimum Gasteiger partial charge on any atom is -0.383 e. The molecular weight excluding hydrogens is 374 g/mol. The number of likely N-dealkylation sites (N-methyl/N-ethyl adjacent to an activating group) is 1. The summed E-state index contributed by atoms with van der Waals surface area (Å²) in [4.78, 5) is 2.37. The molecule has 0 atom stereocenters. The van der Waals surface area contributed by atoms with Gasteiger partial charge in [0.2, 0.25) is 0 Å². The van der Waals surface area contributed by atoms with Crippen molar-refractivity contribution in [3.8, 4) is 0 Å². The summed E-state index contributed by atoms with van der Waals surface area (Å²) >= 11 is 0. The second-order valence-corrected chi connectivity index (χ2v) is 7.70. The summed E-state index contributed by atoms with van der Waals surface area (Å²) in [7, 11) is 2.19. The predicted molar refractivity (Wildman–Crippen MR) is 116 cm³/mol. The van der Waals surface area contributed by atoms with Crippen molar-refractivity contribution in [1.29, 1.82) is 0 Å². The van der Waals surface area contributed by atoms with E-state index in [0.717, 1.165) is 26.2 Å². The van der Waals surface area contributed by atoms with Gasteiger partial charge >= 0.3 is 0 Å². The normalized spacial score (nSPS) is 10.7. The molecule has 0 saturated heterocycles. The van der Waals surface area contributed by atoms with Crippen LogP contribution >= 0.6 is 0 Å². The van der Waals surface area contributed by atoms with Crippen molar-refractivity contribution in [3.63, 3.8) is 0 Å². The zero-order valence-electron chi connectivity index (χ0n) is 17.9. The number of rotatable bonds is 8. The van der Waals surface area contributed by atoms with Crippen molar-refractivity contribution in [2.75, 3.05) is 43.9 Å². The fraction of sp³-hybridized carbons (Fsp3) is 0.478. The Hall–Kier alpha value is -1.48. The maximum atomic E-state index is 3.61. The molecule has 0 radical (unpaired) electrons. The Kier molecular flexibility index (Phi) is 9.38. The average Bonchev–Trinajstić information content (AvgIpc) is 2.52. The summed E-state index contributed by atoms with van der Waals surface area (Å²) < 4.78 is 0. The monoisotopic (exact) mass is 409 g/mol. The summed E-state index contributed by atoms with van der Waals surface area (Å²) in [6.45, 7) is 17.0. The van der Waals surface area contributed by atoms with E-state index in [0.29, 0.717) is 0 Å². The van der Waals surface area contributed by atoms with E-state index < -0.39 is 0 Å². The Morgan fingerprint density at radius 1 is 0.630 bits per heavy atom. The molecular formula is C23H35FeN3. The van der Waals surface area contributed by atoms with E-state index >= 15 is 0 Å². The first-order valence-corrected chi connectivity index (χ1v) is 9.60. The Morgan fingerprint density at radius 2 is 0.926 bits per heavy atom. The molecule has 2 rings (SSSR count). The first-order chi connectivity index (χ1) is 12.3. The summed E-state index contributed by atoms with van der Waals surface area (Å²) in [6.07, 6.45) is 0. The molecule has 2 N–H and O–H groups in total. The Morgan fingerprint density at radius 3 is 1.22 bits per heavy atom. The molecule has 0 spiro atoms. The van der Waals surface area contributed by atoms with Gasteiger partial charge in [-0.15, -0.1) is 0 Å². The molecule has 0 heterocycles. The molecule has 27 heavy (non-hydrogen) atoms. The van der Waals surface area contributed by atoms with Crippen LogP contribution < -0.4 is 10.6 Å². The van der Waals surface area contributed by atoms with Gasteiger partial charge in [0.1, 0.15) is 0 Å². The third-order valence-electron chi connectivity index (χ3n) is 4.94. The second-order valence-electron chi connectivity index (χ2n) is 7.70. The summed E-state index contributed by atoms with van der Waals surface area (Å²) in [5.74, 6) is 0. The largest absolute Gasteiger partial charge is 0.383 e. The van der Waals surface area contributed by atoms with Crippen LogP contribution in [0.4, 0.5) is 11.4 Å². The van der Waals surface area contributed by atoms with Gasteiger partial charge in [0.25, 0.3) is 0 Å². The fourth-order valence-corrected chi connectivity index (χ4v) is 3.77. The molecule has 3 nitrogen and oxygen atoms in total. The van der Waals surface area contributed by atoms with Crippen molar-refractivity contribution in [2.45, 2.75) is 41.5 Å². The summed E-state index contributed by atoms with van der Waals surface area (Å²) in [5.41, 5.74) is 10.6. The predicted octanol–water partition coefficient (Wildman–Crippen LogP) is 4.99. The summed E-state index contributed by atoms with van der Waals surface area (Å²) in [5, 5.41) is 7.22. The minimum absolute atomic E-state index is 0. The van der Waals surface area contributed by atoms with E-state index in [1.54, 1.807) is 0 Å². The van der Waals surface area contributed by atoms with Gasteiger partial charge in [-0.25, -0.2) is 0 Å². The van der Waals surface area contributed by atoms with Crippen LogP contribution in [0, 0.1) is 41.5 Å². The zero-order chi connectivity index (χ0) is 19.3. The smallest absolute Gasteiger partial charge is 0.0400 e. The van der Waals surface area contributed by atoms with Crippen LogP contribution in [0.15, 0.2) is 24.3 Å². The molecule has 150 valence electrons. The van der Waals surface area contributed by atoms with E-state index in [-0.39, 0.29) is 17.1 Å². The summed E-state index contributed by atoms with van der Waals surface area (Å²) in [6, 6.07) is 8.98. The van der Waals surface area contributed by atoms with Crippen LogP contribution in [0.1, 0.15) is 33.4 Å². The van der Waals surface area contributed by atoms with Gasteiger partial charge in [0, 0.05) is 54.6 Å². The standard InChI is InChI=1S/C23H35N3.Fe/c1-16-12-18(3)22(19(4)13-16)24-8-10-26(7)11-9-25-23-20(5)14-17(2)15-21(23)6;/h12-15,24-25H,8-11H2,1-7H3;. The van der Waals surface area contributed by atoms with Gasteiger partial charge in [-0.3, -0.25) is 0 Å². The van der Waals surface area contributed by atoms with Gasteiger partial charge in [0.15, 0.2) is 0 Å². The third kappa shape index (κ3) is 6.88. The van der Waals surface area contributed by atoms with Crippen molar-refractivity contribution >= 4 is 11.4 Å². The van der Waals surface area contributed by atoms with E-state index in [1.165, 1.54) is 44.8 Å². The van der Waals surface area contributed by atoms with Gasteiger partial charge in [-0.05, 0) is 70.8 Å². The topological polar surface area (TPSA) is 27.3 Å². The average molecular weight is 409 g/mol. The van der Waals surface area contributed by atoms with Crippen LogP contribution in [0.25, 0.3) is 0 Å². The molecule has 4 heteroatoms. The molecule has 2 aromatic carbocycles. The molecule has 0 unspecified atom stereocenters. The van der Waals surface area contributed by atoms with Crippen molar-refractivity contribution in [3.05, 3.63) is 57.6 Å². The Balaban J connectivity index is 0.00000364. The maximum Gasteiger partial charge on any atom is 0.0400 e. The molecule has 0 aliphatic rings. The van der Waals surface area contributed by atoms with Crippen LogP contribution in [0.5, 0.6) is 0 Å². The Bertz CT molecular complexity index is 646. The van der Waals surface area contributed by atoms with E-state index in [1.807, 2.05) is 0 Å². The minimum atomic E-state index is 0. The van der Waals surface area contributed by atoms with E-state index in [2.05, 4.69) is 88.4 Å². The molecule has 0 amide bonds. The number of hydrogen-bond acceptors (Lipinski definition) is 3. The molecule has 0 bridgehead atoms. The van der Waals surface area contributed by atoms with Crippen LogP contribution in [-0.4, -0.2) is 38.1 Å². The second kappa shape index (κ2) is 10.8. The number of nitrogens with one attached hydrogen (secondary N) is 2. The van der Waals surface area contributed by atoms with Crippen molar-refractivity contribution in [2.24, 2.45) is 0 Å². The van der Waals surface area contributed by atoms with Crippen LogP contribution in [0.2, 0.25) is 0 Å². The first kappa shape index (κ1) is 23.6. The number of aryl methyl sites for hydroxylation is 6. The quantitative estimate of drug-likeness (QED) is 0.602. The number of hydrogen-bond donors (Lipinski definition) is 2. The molecule has 0 saturated carbocycles. The third-order valence-corrected chi connectivity index (χ3v) is 4.94. The number of anilines is 2. The first-order valence-electron chi connectivity index (χ1n) is 9.60. The maximum absolute atomic E-state index is 3.61. The van der Waals surface area contributed by atoms with Gasteiger partial charge < -0.3 is 15.5 Å². The van der Waals surface area contributed by atoms with Crippen molar-refractivity contribution in [1.82, 2.24) is 4.90 Å². The molecule has 0 aliphatic heterocycles. The van der Waals surface area contributed by atoms with Crippen molar-refractivity contribution < 1.29 is 17.1 Å². The number of nitrogens with zero attached hydrogens (tertiary/aromatic N) is 1. The van der Waals surface area contributed by atoms with Gasteiger partial charge in [-0.2, -0.15) is 0 Å². The zero-order valence-corrected chi connectivity index (χ0v) is 19.0. The molecule has 0 aliphatic carbocycles. The Labute approximate surface area is 176 Å². The van der Waals surface area contributed by atoms with E-state index in [9.17, 15) is 0 Å². The van der Waals surface area contributed by atoms with Crippen LogP contribution in [-0.2, 0) is 17.1 Å². The van der Waals surface area contributed by atoms with E-state index in [4.69, 9.17) is 0 Å². The fourth-order valence-electron chi connectivity index (χ4n) is 3.77. The van der Waals surface area contributed by atoms with Gasteiger partial charge in [-0.1, -0.05) is 35.4 Å². The van der Waals surface area contributed by atoms with Gasteiger partial charge in [0.05, 0.1) is 0 Å². The van der Waals surface area contributed by atoms with Crippen LogP contribution in [0.3, 0.4) is 0 Å². The molecule has 0 aromatic heterocycles. The molecule has 2 aromatic rings. The SMILES string of the molecule is Cc1cc(C)c(NCCN(C)CCNc2c(C)cc(C)cc2C)c(C)c1.[Fe].